The highest BCUT2D eigenvalue weighted by Crippen LogP contribution is 2.38. The van der Waals surface area contributed by atoms with E-state index in [1.807, 2.05) is 32.0 Å². The van der Waals surface area contributed by atoms with Gasteiger partial charge < -0.3 is 5.11 Å². The maximum atomic E-state index is 10.7. The number of hydrogen-bond acceptors (Lipinski definition) is 2. The SMILES string of the molecule is Cc1ccc2cc(C(C)(O)CC3CCC3)ccc2n1. The molecule has 1 saturated carbocycles. The number of nitrogens with zero attached hydrogens (tertiary/aromatic N) is 1. The van der Waals surface area contributed by atoms with Gasteiger partial charge in [-0.15, -0.1) is 0 Å². The standard InChI is InChI=1S/C17H21NO/c1-12-6-7-14-10-15(8-9-16(14)18-12)17(2,19)11-13-4-3-5-13/h6-10,13,19H,3-5,11H2,1-2H3. The predicted molar refractivity (Wildman–Crippen MR) is 78.0 cm³/mol. The highest BCUT2D eigenvalue weighted by Gasteiger charge is 2.30. The molecule has 0 radical (unpaired) electrons. The Morgan fingerprint density at radius 1 is 1.26 bits per heavy atom. The second-order valence-corrected chi connectivity index (χ2v) is 6.14. The van der Waals surface area contributed by atoms with E-state index in [-0.39, 0.29) is 0 Å². The summed E-state index contributed by atoms with van der Waals surface area (Å²) in [5, 5.41) is 11.8. The largest absolute Gasteiger partial charge is 0.385 e. The summed E-state index contributed by atoms with van der Waals surface area (Å²) in [5.74, 6) is 0.696. The molecule has 2 aromatic rings. The number of aromatic nitrogens is 1. The summed E-state index contributed by atoms with van der Waals surface area (Å²) in [4.78, 5) is 4.51. The van der Waals surface area contributed by atoms with Crippen LogP contribution in [0.4, 0.5) is 0 Å². The lowest BCUT2D eigenvalue weighted by atomic mass is 9.75. The molecular weight excluding hydrogens is 234 g/mol. The molecule has 100 valence electrons. The van der Waals surface area contributed by atoms with E-state index in [0.29, 0.717) is 5.92 Å². The first-order valence-corrected chi connectivity index (χ1v) is 7.15. The van der Waals surface area contributed by atoms with Crippen molar-refractivity contribution in [1.29, 1.82) is 0 Å². The molecule has 1 aliphatic carbocycles. The fraction of sp³-hybridized carbons (Fsp3) is 0.471. The topological polar surface area (TPSA) is 33.1 Å². The number of benzene rings is 1. The summed E-state index contributed by atoms with van der Waals surface area (Å²) in [5.41, 5.74) is 2.33. The Morgan fingerprint density at radius 3 is 2.74 bits per heavy atom. The van der Waals surface area contributed by atoms with Crippen LogP contribution in [0.15, 0.2) is 30.3 Å². The van der Waals surface area contributed by atoms with Crippen LogP contribution in [0.25, 0.3) is 10.9 Å². The molecular formula is C17H21NO. The van der Waals surface area contributed by atoms with Crippen LogP contribution in [0.1, 0.15) is 43.9 Å². The van der Waals surface area contributed by atoms with Crippen LogP contribution in [0.3, 0.4) is 0 Å². The van der Waals surface area contributed by atoms with Gasteiger partial charge in [-0.05, 0) is 49.9 Å². The number of hydrogen-bond donors (Lipinski definition) is 1. The van der Waals surface area contributed by atoms with Gasteiger partial charge in [0.05, 0.1) is 11.1 Å². The third kappa shape index (κ3) is 2.50. The number of pyridine rings is 1. The zero-order valence-corrected chi connectivity index (χ0v) is 11.7. The Hall–Kier alpha value is -1.41. The summed E-state index contributed by atoms with van der Waals surface area (Å²) in [6, 6.07) is 10.2. The predicted octanol–water partition coefficient (Wildman–Crippen LogP) is 3.94. The molecule has 1 N–H and O–H groups in total. The summed E-state index contributed by atoms with van der Waals surface area (Å²) in [6.45, 7) is 3.94. The number of rotatable bonds is 3. The second-order valence-electron chi connectivity index (χ2n) is 6.14. The van der Waals surface area contributed by atoms with Crippen molar-refractivity contribution in [3.8, 4) is 0 Å². The molecule has 2 nitrogen and oxygen atoms in total. The van der Waals surface area contributed by atoms with Crippen LogP contribution in [0.2, 0.25) is 0 Å². The van der Waals surface area contributed by atoms with E-state index >= 15 is 0 Å². The van der Waals surface area contributed by atoms with Gasteiger partial charge in [0, 0.05) is 11.1 Å². The van der Waals surface area contributed by atoms with Crippen LogP contribution in [0, 0.1) is 12.8 Å². The molecule has 2 heteroatoms. The number of fused-ring (bicyclic) bond motifs is 1. The molecule has 1 aromatic carbocycles. The van der Waals surface area contributed by atoms with E-state index in [2.05, 4.69) is 17.1 Å². The van der Waals surface area contributed by atoms with Gasteiger partial charge in [-0.2, -0.15) is 0 Å². The van der Waals surface area contributed by atoms with Crippen LogP contribution in [-0.4, -0.2) is 10.1 Å². The summed E-state index contributed by atoms with van der Waals surface area (Å²) in [6.07, 6.45) is 4.73. The third-order valence-corrected chi connectivity index (χ3v) is 4.36. The molecule has 1 heterocycles. The van der Waals surface area contributed by atoms with Gasteiger partial charge in [-0.25, -0.2) is 0 Å². The normalized spacial score (nSPS) is 19.1. The summed E-state index contributed by atoms with van der Waals surface area (Å²) >= 11 is 0. The van der Waals surface area contributed by atoms with E-state index in [0.717, 1.165) is 28.6 Å². The quantitative estimate of drug-likeness (QED) is 0.901. The summed E-state index contributed by atoms with van der Waals surface area (Å²) in [7, 11) is 0. The number of aryl methyl sites for hydroxylation is 1. The molecule has 1 aliphatic rings. The minimum Gasteiger partial charge on any atom is -0.385 e. The van der Waals surface area contributed by atoms with Gasteiger partial charge >= 0.3 is 0 Å². The van der Waals surface area contributed by atoms with Crippen molar-refractivity contribution in [3.05, 3.63) is 41.6 Å². The molecule has 0 amide bonds. The number of aliphatic hydroxyl groups is 1. The van der Waals surface area contributed by atoms with Crippen molar-refractivity contribution in [1.82, 2.24) is 4.98 Å². The molecule has 0 bridgehead atoms. The Kier molecular flexibility index (Phi) is 3.06. The second kappa shape index (κ2) is 4.61. The van der Waals surface area contributed by atoms with Crippen molar-refractivity contribution < 1.29 is 5.11 Å². The van der Waals surface area contributed by atoms with Crippen molar-refractivity contribution in [2.45, 2.75) is 45.1 Å². The van der Waals surface area contributed by atoms with E-state index in [1.165, 1.54) is 19.3 Å². The molecule has 1 atom stereocenters. The molecule has 19 heavy (non-hydrogen) atoms. The van der Waals surface area contributed by atoms with Crippen molar-refractivity contribution in [2.75, 3.05) is 0 Å². The third-order valence-electron chi connectivity index (χ3n) is 4.36. The Labute approximate surface area is 114 Å². The van der Waals surface area contributed by atoms with Gasteiger partial charge in [0.1, 0.15) is 0 Å². The lowest BCUT2D eigenvalue weighted by Crippen LogP contribution is -2.27. The Balaban J connectivity index is 1.93. The fourth-order valence-electron chi connectivity index (χ4n) is 2.94. The molecule has 3 rings (SSSR count). The van der Waals surface area contributed by atoms with Crippen LogP contribution in [-0.2, 0) is 5.60 Å². The van der Waals surface area contributed by atoms with Gasteiger partial charge in [0.15, 0.2) is 0 Å². The summed E-state index contributed by atoms with van der Waals surface area (Å²) < 4.78 is 0. The lowest BCUT2D eigenvalue weighted by Gasteiger charge is -2.33. The molecule has 0 spiro atoms. The van der Waals surface area contributed by atoms with Crippen LogP contribution < -0.4 is 0 Å². The molecule has 1 fully saturated rings. The first-order valence-electron chi connectivity index (χ1n) is 7.15. The maximum Gasteiger partial charge on any atom is 0.0871 e. The Bertz CT molecular complexity index is 599. The smallest absolute Gasteiger partial charge is 0.0871 e. The van der Waals surface area contributed by atoms with Gasteiger partial charge in [-0.1, -0.05) is 31.4 Å². The van der Waals surface area contributed by atoms with E-state index in [9.17, 15) is 5.11 Å². The highest BCUT2D eigenvalue weighted by molar-refractivity contribution is 5.79. The maximum absolute atomic E-state index is 10.7. The molecule has 1 aromatic heterocycles. The van der Waals surface area contributed by atoms with Gasteiger partial charge in [-0.3, -0.25) is 4.98 Å². The molecule has 0 aliphatic heterocycles. The van der Waals surface area contributed by atoms with Crippen molar-refractivity contribution >= 4 is 10.9 Å². The minimum atomic E-state index is -0.718. The first kappa shape index (κ1) is 12.6. The monoisotopic (exact) mass is 255 g/mol. The van der Waals surface area contributed by atoms with E-state index in [1.54, 1.807) is 0 Å². The Morgan fingerprint density at radius 2 is 2.05 bits per heavy atom. The van der Waals surface area contributed by atoms with Crippen LogP contribution in [0.5, 0.6) is 0 Å². The van der Waals surface area contributed by atoms with Crippen LogP contribution >= 0.6 is 0 Å². The van der Waals surface area contributed by atoms with Crippen molar-refractivity contribution in [3.63, 3.8) is 0 Å². The molecule has 1 unspecified atom stereocenters. The molecule has 0 saturated heterocycles. The van der Waals surface area contributed by atoms with Gasteiger partial charge in [0.2, 0.25) is 0 Å². The first-order chi connectivity index (χ1) is 9.04. The van der Waals surface area contributed by atoms with Gasteiger partial charge in [0.25, 0.3) is 0 Å². The average molecular weight is 255 g/mol. The van der Waals surface area contributed by atoms with E-state index in [4.69, 9.17) is 0 Å². The highest BCUT2D eigenvalue weighted by atomic mass is 16.3. The zero-order valence-electron chi connectivity index (χ0n) is 11.7. The fourth-order valence-corrected chi connectivity index (χ4v) is 2.94. The van der Waals surface area contributed by atoms with Crippen molar-refractivity contribution in [2.24, 2.45) is 5.92 Å². The zero-order chi connectivity index (χ0) is 13.5. The average Bonchev–Trinajstić information content (AvgIpc) is 2.33. The van der Waals surface area contributed by atoms with E-state index < -0.39 is 5.60 Å². The lowest BCUT2D eigenvalue weighted by molar-refractivity contribution is 0.0163. The minimum absolute atomic E-state index is 0.696.